The molecule has 0 unspecified atom stereocenters. The Morgan fingerprint density at radius 3 is 2.59 bits per heavy atom. The van der Waals surface area contributed by atoms with Crippen molar-refractivity contribution in [2.75, 3.05) is 26.7 Å². The number of rotatable bonds is 1. The van der Waals surface area contributed by atoms with E-state index in [0.29, 0.717) is 18.7 Å². The molecule has 0 saturated carbocycles. The minimum Gasteiger partial charge on any atom is -0.342 e. The fourth-order valence-electron chi connectivity index (χ4n) is 1.81. The molecule has 0 atom stereocenters. The number of hydrogen-bond acceptors (Lipinski definition) is 3. The zero-order chi connectivity index (χ0) is 12.6. The molecule has 1 aliphatic rings. The molecule has 0 radical (unpaired) electrons. The van der Waals surface area contributed by atoms with Crippen molar-refractivity contribution in [3.63, 3.8) is 0 Å². The van der Waals surface area contributed by atoms with Crippen LogP contribution in [0.2, 0.25) is 0 Å². The summed E-state index contributed by atoms with van der Waals surface area (Å²) in [7, 11) is 3.54. The second-order valence-corrected chi connectivity index (χ2v) is 4.31. The van der Waals surface area contributed by atoms with Crippen LogP contribution in [-0.2, 0) is 11.8 Å². The summed E-state index contributed by atoms with van der Waals surface area (Å²) in [4.78, 5) is 26.9. The van der Waals surface area contributed by atoms with Crippen molar-refractivity contribution in [1.82, 2.24) is 19.6 Å². The first-order valence-corrected chi connectivity index (χ1v) is 5.52. The number of hydrogen-bond donors (Lipinski definition) is 0. The van der Waals surface area contributed by atoms with E-state index in [0.717, 1.165) is 5.69 Å². The Balaban J connectivity index is 2.16. The number of carbonyl (C=O) groups excluding carboxylic acids is 2. The molecule has 2 rings (SSSR count). The van der Waals surface area contributed by atoms with Crippen LogP contribution in [0.25, 0.3) is 0 Å². The minimum atomic E-state index is -0.114. The lowest BCUT2D eigenvalue weighted by Gasteiger charge is -2.31. The van der Waals surface area contributed by atoms with Crippen molar-refractivity contribution in [3.05, 3.63) is 17.5 Å². The van der Waals surface area contributed by atoms with E-state index in [2.05, 4.69) is 5.10 Å². The molecule has 1 saturated heterocycles. The van der Waals surface area contributed by atoms with Crippen molar-refractivity contribution in [3.8, 4) is 0 Å². The van der Waals surface area contributed by atoms with Crippen molar-refractivity contribution < 1.29 is 9.59 Å². The minimum absolute atomic E-state index is 0.0221. The third-order valence-electron chi connectivity index (χ3n) is 3.21. The van der Waals surface area contributed by atoms with E-state index in [-0.39, 0.29) is 18.4 Å². The average Bonchev–Trinajstić information content (AvgIpc) is 2.63. The summed E-state index contributed by atoms with van der Waals surface area (Å²) in [6, 6.07) is 0. The predicted molar refractivity (Wildman–Crippen MR) is 61.5 cm³/mol. The van der Waals surface area contributed by atoms with Crippen LogP contribution in [0.5, 0.6) is 0 Å². The number of aromatic nitrogens is 2. The second-order valence-electron chi connectivity index (χ2n) is 4.31. The van der Waals surface area contributed by atoms with Gasteiger partial charge in [0.1, 0.15) is 6.54 Å². The first-order chi connectivity index (χ1) is 8.00. The molecule has 0 N–H and O–H groups in total. The van der Waals surface area contributed by atoms with Crippen LogP contribution in [0.3, 0.4) is 0 Å². The van der Waals surface area contributed by atoms with Gasteiger partial charge in [-0.3, -0.25) is 14.3 Å². The SMILES string of the molecule is Cc1c(C(=O)N2CCN(C)C(=O)C2)cnn1C. The van der Waals surface area contributed by atoms with E-state index in [4.69, 9.17) is 0 Å². The highest BCUT2D eigenvalue weighted by atomic mass is 16.2. The van der Waals surface area contributed by atoms with Gasteiger partial charge in [0, 0.05) is 32.9 Å². The third kappa shape index (κ3) is 2.02. The lowest BCUT2D eigenvalue weighted by atomic mass is 10.2. The molecule has 0 aromatic carbocycles. The Labute approximate surface area is 99.8 Å². The first kappa shape index (κ1) is 11.6. The van der Waals surface area contributed by atoms with Crippen LogP contribution in [0.4, 0.5) is 0 Å². The molecule has 1 aliphatic heterocycles. The van der Waals surface area contributed by atoms with Crippen LogP contribution in [0.1, 0.15) is 16.1 Å². The lowest BCUT2D eigenvalue weighted by molar-refractivity contribution is -0.133. The zero-order valence-electron chi connectivity index (χ0n) is 10.3. The summed E-state index contributed by atoms with van der Waals surface area (Å²) in [6.45, 7) is 3.17. The van der Waals surface area contributed by atoms with E-state index < -0.39 is 0 Å². The molecular weight excluding hydrogens is 220 g/mol. The Hall–Kier alpha value is -1.85. The van der Waals surface area contributed by atoms with Crippen LogP contribution < -0.4 is 0 Å². The maximum absolute atomic E-state index is 12.2. The number of likely N-dealkylation sites (N-methyl/N-ethyl adjacent to an activating group) is 1. The summed E-state index contributed by atoms with van der Waals surface area (Å²) in [5.41, 5.74) is 1.39. The predicted octanol–water partition coefficient (Wildman–Crippen LogP) is -0.357. The third-order valence-corrected chi connectivity index (χ3v) is 3.21. The Kier molecular flexibility index (Phi) is 2.87. The smallest absolute Gasteiger partial charge is 0.257 e. The molecule has 6 nitrogen and oxygen atoms in total. The lowest BCUT2D eigenvalue weighted by Crippen LogP contribution is -2.50. The molecule has 92 valence electrons. The van der Waals surface area contributed by atoms with Gasteiger partial charge in [0.05, 0.1) is 11.8 Å². The average molecular weight is 236 g/mol. The number of carbonyl (C=O) groups is 2. The Morgan fingerprint density at radius 2 is 2.06 bits per heavy atom. The Bertz CT molecular complexity index is 466. The molecule has 0 aliphatic carbocycles. The summed E-state index contributed by atoms with van der Waals surface area (Å²) in [6.07, 6.45) is 1.56. The van der Waals surface area contributed by atoms with Gasteiger partial charge in [-0.15, -0.1) is 0 Å². The van der Waals surface area contributed by atoms with Crippen molar-refractivity contribution in [2.45, 2.75) is 6.92 Å². The molecule has 0 bridgehead atoms. The number of amides is 2. The zero-order valence-corrected chi connectivity index (χ0v) is 10.3. The van der Waals surface area contributed by atoms with Gasteiger partial charge in [-0.2, -0.15) is 5.10 Å². The highest BCUT2D eigenvalue weighted by molar-refractivity contribution is 5.97. The van der Waals surface area contributed by atoms with Crippen molar-refractivity contribution in [1.29, 1.82) is 0 Å². The largest absolute Gasteiger partial charge is 0.342 e. The van der Waals surface area contributed by atoms with Crippen molar-refractivity contribution in [2.24, 2.45) is 7.05 Å². The van der Waals surface area contributed by atoms with Crippen LogP contribution >= 0.6 is 0 Å². The van der Waals surface area contributed by atoms with E-state index in [9.17, 15) is 9.59 Å². The normalized spacial score (nSPS) is 16.5. The van der Waals surface area contributed by atoms with Gasteiger partial charge in [-0.1, -0.05) is 0 Å². The summed E-state index contributed by atoms with van der Waals surface area (Å²) in [5, 5.41) is 4.04. The molecule has 0 spiro atoms. The maximum atomic E-state index is 12.2. The molecule has 17 heavy (non-hydrogen) atoms. The molecule has 2 amide bonds. The maximum Gasteiger partial charge on any atom is 0.257 e. The van der Waals surface area contributed by atoms with Gasteiger partial charge in [-0.05, 0) is 6.92 Å². The van der Waals surface area contributed by atoms with Gasteiger partial charge in [0.2, 0.25) is 5.91 Å². The quantitative estimate of drug-likeness (QED) is 0.669. The summed E-state index contributed by atoms with van der Waals surface area (Å²) in [5.74, 6) is -0.136. The number of aryl methyl sites for hydroxylation is 1. The highest BCUT2D eigenvalue weighted by Gasteiger charge is 2.27. The number of nitrogens with zero attached hydrogens (tertiary/aromatic N) is 4. The van der Waals surface area contributed by atoms with Gasteiger partial charge < -0.3 is 9.80 Å². The van der Waals surface area contributed by atoms with E-state index in [1.165, 1.54) is 0 Å². The molecule has 1 fully saturated rings. The fraction of sp³-hybridized carbons (Fsp3) is 0.545. The van der Waals surface area contributed by atoms with Gasteiger partial charge in [0.25, 0.3) is 5.91 Å². The van der Waals surface area contributed by atoms with Gasteiger partial charge >= 0.3 is 0 Å². The van der Waals surface area contributed by atoms with Gasteiger partial charge in [-0.25, -0.2) is 0 Å². The molecule has 1 aromatic heterocycles. The van der Waals surface area contributed by atoms with Crippen LogP contribution in [0, 0.1) is 6.92 Å². The fourth-order valence-corrected chi connectivity index (χ4v) is 1.81. The highest BCUT2D eigenvalue weighted by Crippen LogP contribution is 2.11. The van der Waals surface area contributed by atoms with Crippen LogP contribution in [-0.4, -0.2) is 58.1 Å². The molecule has 6 heteroatoms. The summed E-state index contributed by atoms with van der Waals surface area (Å²) >= 11 is 0. The Morgan fingerprint density at radius 1 is 1.35 bits per heavy atom. The number of piperazine rings is 1. The van der Waals surface area contributed by atoms with Crippen LogP contribution in [0.15, 0.2) is 6.20 Å². The second kappa shape index (κ2) is 4.20. The van der Waals surface area contributed by atoms with E-state index >= 15 is 0 Å². The topological polar surface area (TPSA) is 58.4 Å². The molecular formula is C11H16N4O2. The summed E-state index contributed by atoms with van der Waals surface area (Å²) < 4.78 is 1.66. The monoisotopic (exact) mass is 236 g/mol. The molecule has 2 heterocycles. The molecule has 1 aromatic rings. The van der Waals surface area contributed by atoms with Crippen molar-refractivity contribution >= 4 is 11.8 Å². The standard InChI is InChI=1S/C11H16N4O2/c1-8-9(6-12-14(8)3)11(17)15-5-4-13(2)10(16)7-15/h6H,4-5,7H2,1-3H3. The van der Waals surface area contributed by atoms with E-state index in [1.54, 1.807) is 34.8 Å². The van der Waals surface area contributed by atoms with Gasteiger partial charge in [0.15, 0.2) is 0 Å². The van der Waals surface area contributed by atoms with E-state index in [1.807, 2.05) is 6.92 Å². The first-order valence-electron chi connectivity index (χ1n) is 5.52.